The van der Waals surface area contributed by atoms with Crippen LogP contribution in [0.2, 0.25) is 0 Å². The van der Waals surface area contributed by atoms with Crippen LogP contribution in [0.25, 0.3) is 6.08 Å². The summed E-state index contributed by atoms with van der Waals surface area (Å²) in [6.07, 6.45) is 3.61. The molecule has 0 radical (unpaired) electrons. The van der Waals surface area contributed by atoms with Gasteiger partial charge < -0.3 is 5.11 Å². The molecule has 1 N–H and O–H groups in total. The Bertz CT molecular complexity index is 370. The fourth-order valence-corrected chi connectivity index (χ4v) is 2.21. The predicted molar refractivity (Wildman–Crippen MR) is 71.7 cm³/mol. The first-order valence-electron chi connectivity index (χ1n) is 6.25. The van der Waals surface area contributed by atoms with E-state index in [4.69, 9.17) is 0 Å². The summed E-state index contributed by atoms with van der Waals surface area (Å²) in [5.41, 5.74) is 2.04. The molecule has 0 saturated carbocycles. The fraction of sp³-hybridized carbons (Fsp3) is 0.467. The summed E-state index contributed by atoms with van der Waals surface area (Å²) in [7, 11) is 0. The average molecular weight is 231 g/mol. The van der Waals surface area contributed by atoms with Crippen molar-refractivity contribution in [2.75, 3.05) is 13.1 Å². The van der Waals surface area contributed by atoms with Crippen molar-refractivity contribution in [2.24, 2.45) is 0 Å². The van der Waals surface area contributed by atoms with Gasteiger partial charge in [0.05, 0.1) is 5.60 Å². The van der Waals surface area contributed by atoms with Crippen molar-refractivity contribution in [3.8, 4) is 0 Å². The predicted octanol–water partition coefficient (Wildman–Crippen LogP) is 2.68. The third-order valence-corrected chi connectivity index (χ3v) is 3.55. The van der Waals surface area contributed by atoms with E-state index in [9.17, 15) is 5.11 Å². The van der Waals surface area contributed by atoms with Crippen molar-refractivity contribution < 1.29 is 5.11 Å². The van der Waals surface area contributed by atoms with Gasteiger partial charge in [0.15, 0.2) is 0 Å². The topological polar surface area (TPSA) is 23.5 Å². The van der Waals surface area contributed by atoms with Gasteiger partial charge in [-0.25, -0.2) is 0 Å². The summed E-state index contributed by atoms with van der Waals surface area (Å²) in [4.78, 5) is 2.40. The molecule has 0 atom stereocenters. The van der Waals surface area contributed by atoms with Crippen LogP contribution in [-0.2, 0) is 6.54 Å². The van der Waals surface area contributed by atoms with E-state index in [0.29, 0.717) is 0 Å². The van der Waals surface area contributed by atoms with Gasteiger partial charge in [0.25, 0.3) is 0 Å². The Morgan fingerprint density at radius 2 is 1.88 bits per heavy atom. The first-order chi connectivity index (χ1) is 8.09. The largest absolute Gasteiger partial charge is 0.390 e. The van der Waals surface area contributed by atoms with Crippen molar-refractivity contribution in [1.82, 2.24) is 4.90 Å². The van der Waals surface area contributed by atoms with Crippen LogP contribution in [0.4, 0.5) is 0 Å². The summed E-state index contributed by atoms with van der Waals surface area (Å²) < 4.78 is 0. The lowest BCUT2D eigenvalue weighted by Crippen LogP contribution is -2.41. The molecule has 92 valence electrons. The van der Waals surface area contributed by atoms with E-state index < -0.39 is 5.60 Å². The Morgan fingerprint density at radius 3 is 2.41 bits per heavy atom. The van der Waals surface area contributed by atoms with Gasteiger partial charge >= 0.3 is 0 Å². The molecule has 0 amide bonds. The van der Waals surface area contributed by atoms with Crippen LogP contribution in [0.5, 0.6) is 0 Å². The van der Waals surface area contributed by atoms with E-state index in [1.807, 2.05) is 13.0 Å². The number of rotatable bonds is 3. The lowest BCUT2D eigenvalue weighted by molar-refractivity contribution is -0.00729. The van der Waals surface area contributed by atoms with E-state index in [-0.39, 0.29) is 0 Å². The van der Waals surface area contributed by atoms with Gasteiger partial charge in [0, 0.05) is 19.6 Å². The fourth-order valence-electron chi connectivity index (χ4n) is 2.21. The zero-order valence-electron chi connectivity index (χ0n) is 10.5. The molecule has 2 heteroatoms. The maximum Gasteiger partial charge on any atom is 0.0644 e. The first kappa shape index (κ1) is 12.3. The van der Waals surface area contributed by atoms with E-state index in [1.165, 1.54) is 5.56 Å². The standard InChI is InChI=1S/C15H21NO/c1-3-13-4-6-14(7-5-13)12-16-10-8-15(2,17)9-11-16/h3-7,17H,1,8-12H2,2H3. The summed E-state index contributed by atoms with van der Waals surface area (Å²) in [5.74, 6) is 0. The highest BCUT2D eigenvalue weighted by Gasteiger charge is 2.26. The molecule has 1 saturated heterocycles. The monoisotopic (exact) mass is 231 g/mol. The molecule has 1 fully saturated rings. The highest BCUT2D eigenvalue weighted by atomic mass is 16.3. The summed E-state index contributed by atoms with van der Waals surface area (Å²) in [6, 6.07) is 8.51. The highest BCUT2D eigenvalue weighted by molar-refractivity contribution is 5.47. The molecule has 0 unspecified atom stereocenters. The smallest absolute Gasteiger partial charge is 0.0644 e. The molecule has 0 bridgehead atoms. The number of nitrogens with zero attached hydrogens (tertiary/aromatic N) is 1. The van der Waals surface area contributed by atoms with Crippen molar-refractivity contribution >= 4 is 6.08 Å². The van der Waals surface area contributed by atoms with Crippen LogP contribution in [-0.4, -0.2) is 28.7 Å². The second-order valence-electron chi connectivity index (χ2n) is 5.22. The molecule has 0 aromatic heterocycles. The molecule has 2 rings (SSSR count). The minimum absolute atomic E-state index is 0.455. The number of likely N-dealkylation sites (tertiary alicyclic amines) is 1. The Labute approximate surface area is 104 Å². The van der Waals surface area contributed by atoms with E-state index in [0.717, 1.165) is 38.0 Å². The summed E-state index contributed by atoms with van der Waals surface area (Å²) >= 11 is 0. The van der Waals surface area contributed by atoms with Gasteiger partial charge in [-0.1, -0.05) is 36.9 Å². The molecular formula is C15H21NO. The van der Waals surface area contributed by atoms with Crippen molar-refractivity contribution in [3.63, 3.8) is 0 Å². The van der Waals surface area contributed by atoms with Gasteiger partial charge in [-0.3, -0.25) is 4.90 Å². The van der Waals surface area contributed by atoms with Crippen molar-refractivity contribution in [3.05, 3.63) is 42.0 Å². The third-order valence-electron chi connectivity index (χ3n) is 3.55. The quantitative estimate of drug-likeness (QED) is 0.864. The molecule has 0 spiro atoms. The molecule has 1 aromatic rings. The number of benzene rings is 1. The number of hydrogen-bond acceptors (Lipinski definition) is 2. The van der Waals surface area contributed by atoms with Crippen LogP contribution < -0.4 is 0 Å². The van der Waals surface area contributed by atoms with Crippen LogP contribution in [0, 0.1) is 0 Å². The lowest BCUT2D eigenvalue weighted by atomic mass is 9.93. The molecule has 17 heavy (non-hydrogen) atoms. The average Bonchev–Trinajstić information content (AvgIpc) is 2.33. The number of hydrogen-bond donors (Lipinski definition) is 1. The molecule has 1 aliphatic rings. The van der Waals surface area contributed by atoms with Crippen LogP contribution in [0.1, 0.15) is 30.9 Å². The Balaban J connectivity index is 1.91. The molecule has 0 aliphatic carbocycles. The van der Waals surface area contributed by atoms with Gasteiger partial charge in [-0.05, 0) is 30.9 Å². The Kier molecular flexibility index (Phi) is 3.65. The molecule has 1 aromatic carbocycles. The Hall–Kier alpha value is -1.12. The van der Waals surface area contributed by atoms with Gasteiger partial charge in [-0.2, -0.15) is 0 Å². The zero-order chi connectivity index (χ0) is 12.3. The minimum Gasteiger partial charge on any atom is -0.390 e. The summed E-state index contributed by atoms with van der Waals surface area (Å²) in [6.45, 7) is 8.63. The first-order valence-corrected chi connectivity index (χ1v) is 6.25. The van der Waals surface area contributed by atoms with Crippen LogP contribution >= 0.6 is 0 Å². The summed E-state index contributed by atoms with van der Waals surface area (Å²) in [5, 5.41) is 9.89. The van der Waals surface area contributed by atoms with E-state index in [1.54, 1.807) is 0 Å². The van der Waals surface area contributed by atoms with Crippen LogP contribution in [0.15, 0.2) is 30.8 Å². The second kappa shape index (κ2) is 5.03. The van der Waals surface area contributed by atoms with Gasteiger partial charge in [0.1, 0.15) is 0 Å². The van der Waals surface area contributed by atoms with Gasteiger partial charge in [0.2, 0.25) is 0 Å². The van der Waals surface area contributed by atoms with Crippen LogP contribution in [0.3, 0.4) is 0 Å². The zero-order valence-corrected chi connectivity index (χ0v) is 10.5. The second-order valence-corrected chi connectivity index (χ2v) is 5.22. The third kappa shape index (κ3) is 3.42. The minimum atomic E-state index is -0.455. The maximum atomic E-state index is 9.89. The molecular weight excluding hydrogens is 210 g/mol. The lowest BCUT2D eigenvalue weighted by Gasteiger charge is -2.35. The Morgan fingerprint density at radius 1 is 1.29 bits per heavy atom. The molecule has 1 aliphatic heterocycles. The highest BCUT2D eigenvalue weighted by Crippen LogP contribution is 2.22. The molecule has 2 nitrogen and oxygen atoms in total. The normalized spacial score (nSPS) is 20.1. The molecule has 1 heterocycles. The maximum absolute atomic E-state index is 9.89. The van der Waals surface area contributed by atoms with E-state index >= 15 is 0 Å². The van der Waals surface area contributed by atoms with Crippen molar-refractivity contribution in [1.29, 1.82) is 0 Å². The SMILES string of the molecule is C=Cc1ccc(CN2CCC(C)(O)CC2)cc1. The number of piperidine rings is 1. The van der Waals surface area contributed by atoms with Gasteiger partial charge in [-0.15, -0.1) is 0 Å². The van der Waals surface area contributed by atoms with Crippen molar-refractivity contribution in [2.45, 2.75) is 31.9 Å². The van der Waals surface area contributed by atoms with E-state index in [2.05, 4.69) is 35.7 Å². The number of aliphatic hydroxyl groups is 1.